The molecule has 3 aromatic rings. The Hall–Kier alpha value is -3.25. The van der Waals surface area contributed by atoms with Crippen LogP contribution in [0.15, 0.2) is 24.3 Å². The summed E-state index contributed by atoms with van der Waals surface area (Å²) < 4.78 is 26.7. The Morgan fingerprint density at radius 3 is 2.70 bits per heavy atom. The number of nitrogens with zero attached hydrogens (tertiary/aromatic N) is 1. The van der Waals surface area contributed by atoms with E-state index < -0.39 is 0 Å². The minimum atomic E-state index is -0.361. The number of aromatic nitrogens is 1. The summed E-state index contributed by atoms with van der Waals surface area (Å²) in [5, 5.41) is 3.43. The molecule has 194 valence electrons. The second-order valence-electron chi connectivity index (χ2n) is 10.4. The molecule has 0 fully saturated rings. The molecule has 2 aliphatic rings. The smallest absolute Gasteiger partial charge is 0.310 e. The number of carbonyl (C=O) groups excluding carboxylic acids is 1. The monoisotopic (exact) mass is 502 g/mol. The fourth-order valence-electron chi connectivity index (χ4n) is 5.75. The van der Waals surface area contributed by atoms with Crippen LogP contribution >= 0.6 is 0 Å². The third-order valence-electron chi connectivity index (χ3n) is 7.46. The first-order chi connectivity index (χ1) is 17.7. The SMILES string of the molecule is Cc1nc(C)c(-c2ccc3c(c2)CCNC3)c(-c2cc(F)c3c(c2C)CCCO3)c1CC(=O)OC(C)C. The van der Waals surface area contributed by atoms with Crippen molar-refractivity contribution < 1.29 is 18.7 Å². The molecule has 0 unspecified atom stereocenters. The average molecular weight is 503 g/mol. The van der Waals surface area contributed by atoms with E-state index in [1.807, 2.05) is 34.6 Å². The predicted octanol–water partition coefficient (Wildman–Crippen LogP) is 5.94. The lowest BCUT2D eigenvalue weighted by Crippen LogP contribution is -2.23. The lowest BCUT2D eigenvalue weighted by Gasteiger charge is -2.26. The maximum absolute atomic E-state index is 15.5. The van der Waals surface area contributed by atoms with Crippen molar-refractivity contribution in [3.8, 4) is 28.0 Å². The topological polar surface area (TPSA) is 60.5 Å². The normalized spacial score (nSPS) is 14.7. The van der Waals surface area contributed by atoms with Crippen LogP contribution in [0.5, 0.6) is 5.75 Å². The van der Waals surface area contributed by atoms with Crippen molar-refractivity contribution in [3.05, 3.63) is 69.3 Å². The zero-order valence-electron chi connectivity index (χ0n) is 22.4. The van der Waals surface area contributed by atoms with E-state index in [9.17, 15) is 4.79 Å². The van der Waals surface area contributed by atoms with Crippen LogP contribution in [0.1, 0.15) is 59.5 Å². The van der Waals surface area contributed by atoms with Gasteiger partial charge in [0.1, 0.15) is 0 Å². The lowest BCUT2D eigenvalue weighted by atomic mass is 9.83. The number of pyridine rings is 1. The summed E-state index contributed by atoms with van der Waals surface area (Å²) in [6.45, 7) is 12.0. The number of benzene rings is 2. The molecule has 0 radical (unpaired) electrons. The van der Waals surface area contributed by atoms with Gasteiger partial charge in [0.15, 0.2) is 11.6 Å². The van der Waals surface area contributed by atoms with Crippen molar-refractivity contribution in [3.63, 3.8) is 0 Å². The number of hydrogen-bond donors (Lipinski definition) is 1. The molecule has 0 aliphatic carbocycles. The van der Waals surface area contributed by atoms with Crippen LogP contribution in [-0.4, -0.2) is 30.2 Å². The molecule has 0 bridgehead atoms. The number of nitrogens with one attached hydrogen (secondary N) is 1. The van der Waals surface area contributed by atoms with Gasteiger partial charge < -0.3 is 14.8 Å². The number of hydrogen-bond acceptors (Lipinski definition) is 5. The highest BCUT2D eigenvalue weighted by Crippen LogP contribution is 2.44. The van der Waals surface area contributed by atoms with Crippen molar-refractivity contribution >= 4 is 5.97 Å². The predicted molar refractivity (Wildman–Crippen MR) is 143 cm³/mol. The molecule has 1 N–H and O–H groups in total. The molecule has 37 heavy (non-hydrogen) atoms. The molecular weight excluding hydrogens is 467 g/mol. The molecule has 3 heterocycles. The van der Waals surface area contributed by atoms with E-state index in [1.165, 1.54) is 11.1 Å². The van der Waals surface area contributed by atoms with Crippen molar-refractivity contribution in [1.82, 2.24) is 10.3 Å². The van der Waals surface area contributed by atoms with Gasteiger partial charge in [-0.25, -0.2) is 4.39 Å². The van der Waals surface area contributed by atoms with Crippen molar-refractivity contribution in [2.45, 2.75) is 73.0 Å². The van der Waals surface area contributed by atoms with Gasteiger partial charge in [-0.15, -0.1) is 0 Å². The van der Waals surface area contributed by atoms with Gasteiger partial charge in [0.05, 0.1) is 19.1 Å². The van der Waals surface area contributed by atoms with Gasteiger partial charge in [-0.2, -0.15) is 0 Å². The maximum Gasteiger partial charge on any atom is 0.310 e. The van der Waals surface area contributed by atoms with Gasteiger partial charge in [-0.05, 0) is 105 Å². The summed E-state index contributed by atoms with van der Waals surface area (Å²) in [6, 6.07) is 8.11. The highest BCUT2D eigenvalue weighted by atomic mass is 19.1. The minimum absolute atomic E-state index is 0.0726. The Kier molecular flexibility index (Phi) is 7.04. The molecule has 1 aromatic heterocycles. The van der Waals surface area contributed by atoms with Gasteiger partial charge in [-0.3, -0.25) is 9.78 Å². The van der Waals surface area contributed by atoms with Gasteiger partial charge >= 0.3 is 5.97 Å². The molecular formula is C31H35FN2O3. The molecule has 5 nitrogen and oxygen atoms in total. The number of carbonyl (C=O) groups is 1. The van der Waals surface area contributed by atoms with E-state index >= 15 is 4.39 Å². The molecule has 0 amide bonds. The zero-order valence-corrected chi connectivity index (χ0v) is 22.4. The fourth-order valence-corrected chi connectivity index (χ4v) is 5.75. The molecule has 0 atom stereocenters. The Bertz CT molecular complexity index is 1380. The summed E-state index contributed by atoms with van der Waals surface area (Å²) in [7, 11) is 0. The average Bonchev–Trinajstić information content (AvgIpc) is 2.87. The summed E-state index contributed by atoms with van der Waals surface area (Å²) >= 11 is 0. The summed E-state index contributed by atoms with van der Waals surface area (Å²) in [6.07, 6.45) is 2.42. The Balaban J connectivity index is 1.79. The standard InChI is InChI=1S/C31H35FN2O3/c1-17(2)37-28(35)15-26-19(4)34-20(5)29(22-8-9-23-16-33-11-10-21(23)13-22)30(26)25-14-27(32)31-24(18(25)3)7-6-12-36-31/h8-9,13-14,17,33H,6-7,10-12,15-16H2,1-5H3. The van der Waals surface area contributed by atoms with E-state index in [0.717, 1.165) is 82.7 Å². The molecule has 6 heteroatoms. The van der Waals surface area contributed by atoms with Crippen LogP contribution in [0.2, 0.25) is 0 Å². The van der Waals surface area contributed by atoms with Gasteiger partial charge in [0, 0.05) is 29.1 Å². The minimum Gasteiger partial charge on any atom is -0.490 e. The first-order valence-electron chi connectivity index (χ1n) is 13.2. The first-order valence-corrected chi connectivity index (χ1v) is 13.2. The second kappa shape index (κ2) is 10.3. The molecule has 2 aliphatic heterocycles. The Morgan fingerprint density at radius 1 is 1.11 bits per heavy atom. The molecule has 2 aromatic carbocycles. The Morgan fingerprint density at radius 2 is 1.92 bits per heavy atom. The largest absolute Gasteiger partial charge is 0.490 e. The summed E-state index contributed by atoms with van der Waals surface area (Å²) in [5.74, 6) is -0.314. The zero-order chi connectivity index (χ0) is 26.3. The number of aryl methyl sites for hydroxylation is 2. The number of fused-ring (bicyclic) bond motifs is 2. The van der Waals surface area contributed by atoms with Gasteiger partial charge in [-0.1, -0.05) is 18.2 Å². The molecule has 0 saturated heterocycles. The van der Waals surface area contributed by atoms with E-state index in [0.29, 0.717) is 12.4 Å². The second-order valence-corrected chi connectivity index (χ2v) is 10.4. The van der Waals surface area contributed by atoms with Gasteiger partial charge in [0.2, 0.25) is 0 Å². The van der Waals surface area contributed by atoms with E-state index in [4.69, 9.17) is 14.5 Å². The van der Waals surface area contributed by atoms with Crippen molar-refractivity contribution in [2.24, 2.45) is 0 Å². The van der Waals surface area contributed by atoms with Crippen LogP contribution in [0, 0.1) is 26.6 Å². The van der Waals surface area contributed by atoms with Crippen LogP contribution < -0.4 is 10.1 Å². The van der Waals surface area contributed by atoms with Crippen LogP contribution in [0.3, 0.4) is 0 Å². The van der Waals surface area contributed by atoms with Crippen molar-refractivity contribution in [1.29, 1.82) is 0 Å². The van der Waals surface area contributed by atoms with E-state index in [2.05, 4.69) is 23.5 Å². The van der Waals surface area contributed by atoms with Gasteiger partial charge in [0.25, 0.3) is 0 Å². The van der Waals surface area contributed by atoms with Crippen LogP contribution in [0.4, 0.5) is 4.39 Å². The van der Waals surface area contributed by atoms with E-state index in [-0.39, 0.29) is 24.3 Å². The first kappa shape index (κ1) is 25.4. The highest BCUT2D eigenvalue weighted by molar-refractivity contribution is 5.92. The maximum atomic E-state index is 15.5. The fraction of sp³-hybridized carbons (Fsp3) is 0.419. The quantitative estimate of drug-likeness (QED) is 0.437. The summed E-state index contributed by atoms with van der Waals surface area (Å²) in [5.41, 5.74) is 10.5. The third-order valence-corrected chi connectivity index (χ3v) is 7.46. The van der Waals surface area contributed by atoms with E-state index in [1.54, 1.807) is 6.07 Å². The lowest BCUT2D eigenvalue weighted by molar-refractivity contribution is -0.146. The van der Waals surface area contributed by atoms with Crippen LogP contribution in [0.25, 0.3) is 22.3 Å². The molecule has 0 spiro atoms. The molecule has 0 saturated carbocycles. The number of esters is 1. The number of ether oxygens (including phenoxy) is 2. The highest BCUT2D eigenvalue weighted by Gasteiger charge is 2.27. The Labute approximate surface area is 218 Å². The number of rotatable bonds is 5. The summed E-state index contributed by atoms with van der Waals surface area (Å²) in [4.78, 5) is 17.8. The number of halogens is 1. The van der Waals surface area contributed by atoms with Crippen LogP contribution in [-0.2, 0) is 35.3 Å². The molecule has 5 rings (SSSR count). The van der Waals surface area contributed by atoms with Crippen molar-refractivity contribution in [2.75, 3.05) is 13.2 Å². The third kappa shape index (κ3) is 4.87.